The first kappa shape index (κ1) is 20.0. The molecule has 26 heavy (non-hydrogen) atoms. The van der Waals surface area contributed by atoms with E-state index in [1.807, 2.05) is 19.9 Å². The zero-order valence-corrected chi connectivity index (χ0v) is 16.1. The highest BCUT2D eigenvalue weighted by atomic mass is 32.2. The number of ether oxygens (including phenoxy) is 2. The van der Waals surface area contributed by atoms with Gasteiger partial charge in [-0.1, -0.05) is 6.92 Å². The number of nitriles is 1. The van der Waals surface area contributed by atoms with Gasteiger partial charge in [0.1, 0.15) is 0 Å². The molecule has 0 saturated carbocycles. The number of benzene rings is 1. The van der Waals surface area contributed by atoms with Gasteiger partial charge in [0, 0.05) is 18.2 Å². The van der Waals surface area contributed by atoms with Crippen LogP contribution in [-0.2, 0) is 14.6 Å². The lowest BCUT2D eigenvalue weighted by atomic mass is 10.1. The Hall–Kier alpha value is -2.27. The maximum atomic E-state index is 12.8. The predicted octanol–water partition coefficient (Wildman–Crippen LogP) is 1.76. The molecule has 8 heteroatoms. The summed E-state index contributed by atoms with van der Waals surface area (Å²) >= 11 is 0. The van der Waals surface area contributed by atoms with Crippen LogP contribution in [0.1, 0.15) is 32.3 Å². The van der Waals surface area contributed by atoms with Crippen LogP contribution < -0.4 is 9.47 Å². The zero-order chi connectivity index (χ0) is 19.3. The van der Waals surface area contributed by atoms with Crippen molar-refractivity contribution in [2.24, 2.45) is 0 Å². The third-order valence-electron chi connectivity index (χ3n) is 4.60. The van der Waals surface area contributed by atoms with E-state index in [0.29, 0.717) is 23.5 Å². The standard InChI is InChI=1S/C18H24N2O5S/c1-4-13(2)20(15-7-8-26(22,23)12-15)18(21)11-25-16-6-5-14(10-19)9-17(16)24-3/h5-6,9,13,15H,4,7-8,11-12H2,1-3H3/t13-,15+/m1/s1. The van der Waals surface area contributed by atoms with Crippen molar-refractivity contribution in [1.82, 2.24) is 4.90 Å². The van der Waals surface area contributed by atoms with Crippen molar-refractivity contribution in [3.8, 4) is 17.6 Å². The summed E-state index contributed by atoms with van der Waals surface area (Å²) in [6.45, 7) is 3.65. The Morgan fingerprint density at radius 2 is 2.15 bits per heavy atom. The van der Waals surface area contributed by atoms with Crippen molar-refractivity contribution in [2.75, 3.05) is 25.2 Å². The molecule has 1 heterocycles. The van der Waals surface area contributed by atoms with Crippen LogP contribution in [0.25, 0.3) is 0 Å². The second-order valence-corrected chi connectivity index (χ2v) is 8.61. The second-order valence-electron chi connectivity index (χ2n) is 6.38. The number of rotatable bonds is 7. The number of amides is 1. The minimum atomic E-state index is -3.09. The molecular weight excluding hydrogens is 356 g/mol. The van der Waals surface area contributed by atoms with Crippen molar-refractivity contribution < 1.29 is 22.7 Å². The fraction of sp³-hybridized carbons (Fsp3) is 0.556. The Kier molecular flexibility index (Phi) is 6.48. The van der Waals surface area contributed by atoms with E-state index in [1.165, 1.54) is 13.2 Å². The van der Waals surface area contributed by atoms with Crippen LogP contribution in [-0.4, -0.2) is 56.5 Å². The molecule has 1 saturated heterocycles. The van der Waals surface area contributed by atoms with Gasteiger partial charge in [-0.05, 0) is 31.9 Å². The number of carbonyl (C=O) groups is 1. The lowest BCUT2D eigenvalue weighted by molar-refractivity contribution is -0.137. The molecule has 1 aromatic carbocycles. The quantitative estimate of drug-likeness (QED) is 0.715. The molecule has 1 fully saturated rings. The lowest BCUT2D eigenvalue weighted by Gasteiger charge is -2.33. The van der Waals surface area contributed by atoms with Gasteiger partial charge in [-0.25, -0.2) is 8.42 Å². The van der Waals surface area contributed by atoms with Crippen LogP contribution in [0.15, 0.2) is 18.2 Å². The summed E-state index contributed by atoms with van der Waals surface area (Å²) in [5.74, 6) is 0.595. The summed E-state index contributed by atoms with van der Waals surface area (Å²) < 4.78 is 34.4. The lowest BCUT2D eigenvalue weighted by Crippen LogP contribution is -2.48. The maximum Gasteiger partial charge on any atom is 0.261 e. The third-order valence-corrected chi connectivity index (χ3v) is 6.35. The summed E-state index contributed by atoms with van der Waals surface area (Å²) in [7, 11) is -1.63. The Bertz CT molecular complexity index is 800. The van der Waals surface area contributed by atoms with Gasteiger partial charge in [-0.15, -0.1) is 0 Å². The Labute approximate surface area is 154 Å². The summed E-state index contributed by atoms with van der Waals surface area (Å²) in [4.78, 5) is 14.4. The molecular formula is C18H24N2O5S. The summed E-state index contributed by atoms with van der Waals surface area (Å²) in [6.07, 6.45) is 1.18. The highest BCUT2D eigenvalue weighted by molar-refractivity contribution is 7.91. The highest BCUT2D eigenvalue weighted by Gasteiger charge is 2.36. The van der Waals surface area contributed by atoms with E-state index in [9.17, 15) is 13.2 Å². The fourth-order valence-electron chi connectivity index (χ4n) is 3.07. The number of hydrogen-bond acceptors (Lipinski definition) is 6. The van der Waals surface area contributed by atoms with Gasteiger partial charge < -0.3 is 14.4 Å². The van der Waals surface area contributed by atoms with E-state index in [4.69, 9.17) is 14.7 Å². The molecule has 1 aromatic rings. The van der Waals surface area contributed by atoms with Crippen molar-refractivity contribution in [1.29, 1.82) is 5.26 Å². The molecule has 1 aliphatic rings. The number of sulfone groups is 1. The van der Waals surface area contributed by atoms with Crippen molar-refractivity contribution in [3.05, 3.63) is 23.8 Å². The average molecular weight is 380 g/mol. The molecule has 2 atom stereocenters. The van der Waals surface area contributed by atoms with Crippen molar-refractivity contribution in [3.63, 3.8) is 0 Å². The Balaban J connectivity index is 2.12. The molecule has 0 N–H and O–H groups in total. The predicted molar refractivity (Wildman–Crippen MR) is 96.9 cm³/mol. The zero-order valence-electron chi connectivity index (χ0n) is 15.3. The summed E-state index contributed by atoms with van der Waals surface area (Å²) in [6, 6.07) is 6.32. The van der Waals surface area contributed by atoms with Gasteiger partial charge in [0.15, 0.2) is 27.9 Å². The van der Waals surface area contributed by atoms with E-state index in [-0.39, 0.29) is 36.1 Å². The molecule has 0 aromatic heterocycles. The fourth-order valence-corrected chi connectivity index (χ4v) is 4.78. The summed E-state index contributed by atoms with van der Waals surface area (Å²) in [5, 5.41) is 8.93. The van der Waals surface area contributed by atoms with Gasteiger partial charge in [0.25, 0.3) is 5.91 Å². The number of hydrogen-bond donors (Lipinski definition) is 0. The average Bonchev–Trinajstić information content (AvgIpc) is 2.98. The van der Waals surface area contributed by atoms with Crippen LogP contribution in [0.5, 0.6) is 11.5 Å². The second kappa shape index (κ2) is 8.41. The summed E-state index contributed by atoms with van der Waals surface area (Å²) in [5.41, 5.74) is 0.429. The van der Waals surface area contributed by atoms with Crippen LogP contribution in [0.2, 0.25) is 0 Å². The molecule has 1 aliphatic heterocycles. The largest absolute Gasteiger partial charge is 0.493 e. The van der Waals surface area contributed by atoms with Crippen molar-refractivity contribution >= 4 is 15.7 Å². The molecule has 0 aliphatic carbocycles. The third kappa shape index (κ3) is 4.67. The van der Waals surface area contributed by atoms with Gasteiger partial charge in [-0.3, -0.25) is 4.79 Å². The molecule has 7 nitrogen and oxygen atoms in total. The smallest absolute Gasteiger partial charge is 0.261 e. The molecule has 0 spiro atoms. The van der Waals surface area contributed by atoms with E-state index >= 15 is 0 Å². The van der Waals surface area contributed by atoms with Crippen LogP contribution >= 0.6 is 0 Å². The Morgan fingerprint density at radius 3 is 2.69 bits per heavy atom. The van der Waals surface area contributed by atoms with Crippen LogP contribution in [0, 0.1) is 11.3 Å². The monoisotopic (exact) mass is 380 g/mol. The van der Waals surface area contributed by atoms with Gasteiger partial charge in [0.05, 0.1) is 30.2 Å². The highest BCUT2D eigenvalue weighted by Crippen LogP contribution is 2.28. The van der Waals surface area contributed by atoms with Crippen LogP contribution in [0.4, 0.5) is 0 Å². The molecule has 1 amide bonds. The number of nitrogens with zero attached hydrogens (tertiary/aromatic N) is 2. The maximum absolute atomic E-state index is 12.8. The van der Waals surface area contributed by atoms with E-state index in [1.54, 1.807) is 17.0 Å². The topological polar surface area (TPSA) is 96.7 Å². The first-order valence-corrected chi connectivity index (χ1v) is 10.4. The first-order chi connectivity index (χ1) is 12.3. The van der Waals surface area contributed by atoms with E-state index < -0.39 is 9.84 Å². The first-order valence-electron chi connectivity index (χ1n) is 8.53. The van der Waals surface area contributed by atoms with Gasteiger partial charge >= 0.3 is 0 Å². The normalized spacial score (nSPS) is 19.4. The molecule has 2 rings (SSSR count). The SMILES string of the molecule is CC[C@@H](C)N(C(=O)COc1ccc(C#N)cc1OC)[C@H]1CCS(=O)(=O)C1. The van der Waals surface area contributed by atoms with Gasteiger partial charge in [-0.2, -0.15) is 5.26 Å². The van der Waals surface area contributed by atoms with E-state index in [0.717, 1.165) is 6.42 Å². The molecule has 0 radical (unpaired) electrons. The van der Waals surface area contributed by atoms with Crippen molar-refractivity contribution in [2.45, 2.75) is 38.8 Å². The van der Waals surface area contributed by atoms with E-state index in [2.05, 4.69) is 0 Å². The molecule has 0 unspecified atom stereocenters. The molecule has 142 valence electrons. The number of carbonyl (C=O) groups excluding carboxylic acids is 1. The molecule has 0 bridgehead atoms. The van der Waals surface area contributed by atoms with Gasteiger partial charge in [0.2, 0.25) is 0 Å². The minimum Gasteiger partial charge on any atom is -0.493 e. The van der Waals surface area contributed by atoms with Crippen LogP contribution in [0.3, 0.4) is 0 Å². The number of methoxy groups -OCH3 is 1. The Morgan fingerprint density at radius 1 is 1.42 bits per heavy atom. The minimum absolute atomic E-state index is 0.00324.